The Balaban J connectivity index is 2.02. The van der Waals surface area contributed by atoms with Gasteiger partial charge in [0.05, 0.1) is 18.6 Å². The number of pyridine rings is 1. The lowest BCUT2D eigenvalue weighted by atomic mass is 9.97. The van der Waals surface area contributed by atoms with E-state index in [1.807, 2.05) is 0 Å². The van der Waals surface area contributed by atoms with Crippen LogP contribution in [0.2, 0.25) is 0 Å². The molecule has 2 rings (SSSR count). The maximum absolute atomic E-state index is 13.1. The van der Waals surface area contributed by atoms with E-state index in [0.29, 0.717) is 18.5 Å². The van der Waals surface area contributed by atoms with Crippen LogP contribution in [0.4, 0.5) is 4.39 Å². The molecular formula is C13H17FN2O2. The Morgan fingerprint density at radius 3 is 2.78 bits per heavy atom. The standard InChI is InChI=1S/C13H17FN2O2/c1-9(12(17)10-2-5-15-6-3-10)13(18)16-7-4-11(14)8-16/h2-3,5-6,9,11-12,17H,4,7-8H2,1H3/t9?,11-,12?/m0/s1. The fourth-order valence-electron chi connectivity index (χ4n) is 2.19. The third kappa shape index (κ3) is 2.67. The first-order chi connectivity index (χ1) is 8.59. The Morgan fingerprint density at radius 2 is 2.22 bits per heavy atom. The molecule has 1 N–H and O–H groups in total. The molecule has 98 valence electrons. The van der Waals surface area contributed by atoms with Gasteiger partial charge in [0.1, 0.15) is 6.17 Å². The number of hydrogen-bond donors (Lipinski definition) is 1. The van der Waals surface area contributed by atoms with E-state index in [1.165, 1.54) is 4.90 Å². The predicted octanol–water partition coefficient (Wildman–Crippen LogP) is 1.32. The van der Waals surface area contributed by atoms with Crippen LogP contribution in [-0.2, 0) is 4.79 Å². The van der Waals surface area contributed by atoms with Gasteiger partial charge in [0.2, 0.25) is 5.91 Å². The van der Waals surface area contributed by atoms with Crippen LogP contribution in [0.15, 0.2) is 24.5 Å². The number of carbonyl (C=O) groups excluding carboxylic acids is 1. The summed E-state index contributed by atoms with van der Waals surface area (Å²) in [6.07, 6.45) is 1.73. The van der Waals surface area contributed by atoms with Crippen LogP contribution in [0.1, 0.15) is 25.0 Å². The molecular weight excluding hydrogens is 235 g/mol. The van der Waals surface area contributed by atoms with Crippen molar-refractivity contribution in [2.45, 2.75) is 25.6 Å². The molecule has 4 nitrogen and oxygen atoms in total. The van der Waals surface area contributed by atoms with Gasteiger partial charge in [-0.2, -0.15) is 0 Å². The number of aromatic nitrogens is 1. The van der Waals surface area contributed by atoms with E-state index >= 15 is 0 Å². The molecule has 1 aliphatic heterocycles. The summed E-state index contributed by atoms with van der Waals surface area (Å²) < 4.78 is 13.1. The second kappa shape index (κ2) is 5.44. The Bertz CT molecular complexity index is 413. The minimum atomic E-state index is -0.931. The van der Waals surface area contributed by atoms with Gasteiger partial charge in [-0.15, -0.1) is 0 Å². The van der Waals surface area contributed by atoms with E-state index in [2.05, 4.69) is 4.98 Å². The minimum Gasteiger partial charge on any atom is -0.388 e. The van der Waals surface area contributed by atoms with E-state index in [9.17, 15) is 14.3 Å². The number of rotatable bonds is 3. The summed E-state index contributed by atoms with van der Waals surface area (Å²) in [5, 5.41) is 10.1. The zero-order valence-corrected chi connectivity index (χ0v) is 10.3. The zero-order valence-electron chi connectivity index (χ0n) is 10.3. The lowest BCUT2D eigenvalue weighted by Gasteiger charge is -2.24. The topological polar surface area (TPSA) is 53.4 Å². The number of nitrogens with zero attached hydrogens (tertiary/aromatic N) is 2. The van der Waals surface area contributed by atoms with Crippen molar-refractivity contribution in [3.8, 4) is 0 Å². The third-order valence-electron chi connectivity index (χ3n) is 3.35. The van der Waals surface area contributed by atoms with Crippen molar-refractivity contribution < 1.29 is 14.3 Å². The van der Waals surface area contributed by atoms with Gasteiger partial charge >= 0.3 is 0 Å². The fraction of sp³-hybridized carbons (Fsp3) is 0.538. The molecule has 1 aromatic rings. The molecule has 0 aliphatic carbocycles. The fourth-order valence-corrected chi connectivity index (χ4v) is 2.19. The number of aliphatic hydroxyl groups excluding tert-OH is 1. The van der Waals surface area contributed by atoms with Crippen LogP contribution >= 0.6 is 0 Å². The smallest absolute Gasteiger partial charge is 0.228 e. The molecule has 0 saturated carbocycles. The molecule has 2 unspecified atom stereocenters. The quantitative estimate of drug-likeness (QED) is 0.882. The van der Waals surface area contributed by atoms with E-state index in [0.717, 1.165) is 0 Å². The van der Waals surface area contributed by atoms with Gasteiger partial charge in [0.15, 0.2) is 0 Å². The molecule has 1 saturated heterocycles. The van der Waals surface area contributed by atoms with Crippen LogP contribution in [0, 0.1) is 5.92 Å². The molecule has 0 aromatic carbocycles. The van der Waals surface area contributed by atoms with Gasteiger partial charge in [0.25, 0.3) is 0 Å². The summed E-state index contributed by atoms with van der Waals surface area (Å²) in [7, 11) is 0. The van der Waals surface area contributed by atoms with Crippen LogP contribution in [0.5, 0.6) is 0 Å². The highest BCUT2D eigenvalue weighted by Gasteiger charge is 2.32. The lowest BCUT2D eigenvalue weighted by molar-refractivity contribution is -0.137. The van der Waals surface area contributed by atoms with Crippen molar-refractivity contribution in [3.63, 3.8) is 0 Å². The molecule has 18 heavy (non-hydrogen) atoms. The maximum atomic E-state index is 13.1. The SMILES string of the molecule is CC(C(=O)N1CC[C@H](F)C1)C(O)c1ccncc1. The molecule has 1 aromatic heterocycles. The number of alkyl halides is 1. The monoisotopic (exact) mass is 252 g/mol. The van der Waals surface area contributed by atoms with Crippen LogP contribution in [0.3, 0.4) is 0 Å². The molecule has 1 amide bonds. The second-order valence-electron chi connectivity index (χ2n) is 4.68. The summed E-state index contributed by atoms with van der Waals surface area (Å²) in [6.45, 7) is 2.25. The largest absolute Gasteiger partial charge is 0.388 e. The zero-order chi connectivity index (χ0) is 13.1. The van der Waals surface area contributed by atoms with E-state index in [4.69, 9.17) is 0 Å². The Labute approximate surface area is 105 Å². The van der Waals surface area contributed by atoms with Crippen LogP contribution in [0.25, 0.3) is 0 Å². The van der Waals surface area contributed by atoms with Gasteiger partial charge in [-0.05, 0) is 24.1 Å². The van der Waals surface area contributed by atoms with E-state index in [-0.39, 0.29) is 12.5 Å². The Hall–Kier alpha value is -1.49. The third-order valence-corrected chi connectivity index (χ3v) is 3.35. The highest BCUT2D eigenvalue weighted by Crippen LogP contribution is 2.25. The van der Waals surface area contributed by atoms with Crippen molar-refractivity contribution >= 4 is 5.91 Å². The molecule has 2 heterocycles. The molecule has 0 bridgehead atoms. The second-order valence-corrected chi connectivity index (χ2v) is 4.68. The van der Waals surface area contributed by atoms with E-state index < -0.39 is 18.2 Å². The Morgan fingerprint density at radius 1 is 1.56 bits per heavy atom. The highest BCUT2D eigenvalue weighted by atomic mass is 19.1. The number of hydrogen-bond acceptors (Lipinski definition) is 3. The Kier molecular flexibility index (Phi) is 3.91. The normalized spacial score (nSPS) is 22.8. The average molecular weight is 252 g/mol. The van der Waals surface area contributed by atoms with Crippen molar-refractivity contribution in [2.75, 3.05) is 13.1 Å². The van der Waals surface area contributed by atoms with Gasteiger partial charge in [-0.3, -0.25) is 9.78 Å². The number of amides is 1. The first kappa shape index (κ1) is 13.0. The summed E-state index contributed by atoms with van der Waals surface area (Å²) in [4.78, 5) is 17.4. The minimum absolute atomic E-state index is 0.145. The van der Waals surface area contributed by atoms with Crippen LogP contribution < -0.4 is 0 Å². The molecule has 0 spiro atoms. The highest BCUT2D eigenvalue weighted by molar-refractivity contribution is 5.79. The first-order valence-electron chi connectivity index (χ1n) is 6.10. The lowest BCUT2D eigenvalue weighted by Crippen LogP contribution is -2.36. The van der Waals surface area contributed by atoms with Gasteiger partial charge < -0.3 is 10.0 Å². The van der Waals surface area contributed by atoms with E-state index in [1.54, 1.807) is 31.5 Å². The summed E-state index contributed by atoms with van der Waals surface area (Å²) in [5.41, 5.74) is 0.654. The number of aliphatic hydroxyl groups is 1. The molecule has 1 fully saturated rings. The summed E-state index contributed by atoms with van der Waals surface area (Å²) in [6, 6.07) is 3.35. The van der Waals surface area contributed by atoms with Gasteiger partial charge in [0, 0.05) is 18.9 Å². The average Bonchev–Trinajstić information content (AvgIpc) is 2.84. The summed E-state index contributed by atoms with van der Waals surface area (Å²) >= 11 is 0. The van der Waals surface area contributed by atoms with Crippen molar-refractivity contribution in [1.29, 1.82) is 0 Å². The molecule has 0 radical (unpaired) electrons. The van der Waals surface area contributed by atoms with Crippen molar-refractivity contribution in [2.24, 2.45) is 5.92 Å². The molecule has 1 aliphatic rings. The van der Waals surface area contributed by atoms with Gasteiger partial charge in [-0.1, -0.05) is 6.92 Å². The van der Waals surface area contributed by atoms with Crippen molar-refractivity contribution in [3.05, 3.63) is 30.1 Å². The molecule has 3 atom stereocenters. The number of halogens is 1. The first-order valence-corrected chi connectivity index (χ1v) is 6.10. The van der Waals surface area contributed by atoms with Crippen LogP contribution in [-0.4, -0.2) is 40.2 Å². The number of carbonyl (C=O) groups is 1. The number of likely N-dealkylation sites (tertiary alicyclic amines) is 1. The van der Waals surface area contributed by atoms with Gasteiger partial charge in [-0.25, -0.2) is 4.39 Å². The molecule has 5 heteroatoms. The predicted molar refractivity (Wildman–Crippen MR) is 64.5 cm³/mol. The summed E-state index contributed by atoms with van der Waals surface area (Å²) in [5.74, 6) is -0.767. The maximum Gasteiger partial charge on any atom is 0.228 e. The van der Waals surface area contributed by atoms with Crippen molar-refractivity contribution in [1.82, 2.24) is 9.88 Å².